The molecule has 10 nitrogen and oxygen atoms in total. The Labute approximate surface area is 206 Å². The molecule has 1 aromatic rings. The third-order valence-electron chi connectivity index (χ3n) is 6.84. The number of nitrogens with zero attached hydrogens (tertiary/aromatic N) is 1. The van der Waals surface area contributed by atoms with E-state index in [4.69, 9.17) is 9.26 Å². The second-order valence-corrected chi connectivity index (χ2v) is 10.9. The lowest BCUT2D eigenvalue weighted by Crippen LogP contribution is -2.53. The van der Waals surface area contributed by atoms with E-state index in [2.05, 4.69) is 15.5 Å². The summed E-state index contributed by atoms with van der Waals surface area (Å²) < 4.78 is 24.3. The topological polar surface area (TPSA) is 134 Å². The van der Waals surface area contributed by atoms with Crippen LogP contribution in [0.5, 0.6) is 0 Å². The Balaban J connectivity index is 1.49. The van der Waals surface area contributed by atoms with Gasteiger partial charge in [-0.2, -0.15) is 0 Å². The van der Waals surface area contributed by atoms with Crippen molar-refractivity contribution in [2.75, 3.05) is 27.2 Å². The lowest BCUT2D eigenvalue weighted by atomic mass is 9.88. The molecule has 35 heavy (non-hydrogen) atoms. The van der Waals surface area contributed by atoms with Crippen LogP contribution in [0, 0.1) is 5.92 Å². The second-order valence-electron chi connectivity index (χ2n) is 9.12. The van der Waals surface area contributed by atoms with E-state index < -0.39 is 25.6 Å². The van der Waals surface area contributed by atoms with Crippen LogP contribution in [0.3, 0.4) is 0 Å². The van der Waals surface area contributed by atoms with Gasteiger partial charge in [-0.25, -0.2) is 0 Å². The van der Waals surface area contributed by atoms with Crippen molar-refractivity contribution in [2.24, 2.45) is 5.92 Å². The molecule has 0 aromatic heterocycles. The van der Waals surface area contributed by atoms with Crippen molar-refractivity contribution >= 4 is 30.7 Å². The van der Waals surface area contributed by atoms with Gasteiger partial charge in [-0.05, 0) is 51.3 Å². The molecule has 3 N–H and O–H groups in total. The summed E-state index contributed by atoms with van der Waals surface area (Å²) in [5.41, 5.74) is 0. The van der Waals surface area contributed by atoms with Crippen molar-refractivity contribution in [1.29, 1.82) is 0 Å². The van der Waals surface area contributed by atoms with Gasteiger partial charge < -0.3 is 24.8 Å². The molecule has 2 amide bonds. The van der Waals surface area contributed by atoms with E-state index in [0.29, 0.717) is 25.8 Å². The van der Waals surface area contributed by atoms with Crippen molar-refractivity contribution in [2.45, 2.75) is 63.1 Å². The highest BCUT2D eigenvalue weighted by molar-refractivity contribution is 7.61. The van der Waals surface area contributed by atoms with E-state index in [1.54, 1.807) is 30.3 Å². The van der Waals surface area contributed by atoms with Gasteiger partial charge in [0.1, 0.15) is 0 Å². The lowest BCUT2D eigenvalue weighted by molar-refractivity contribution is -0.158. The molecule has 2 aliphatic heterocycles. The molecule has 5 atom stereocenters. The predicted molar refractivity (Wildman–Crippen MR) is 130 cm³/mol. The van der Waals surface area contributed by atoms with Crippen LogP contribution in [0.4, 0.5) is 0 Å². The fourth-order valence-electron chi connectivity index (χ4n) is 4.86. The molecule has 11 heteroatoms. The summed E-state index contributed by atoms with van der Waals surface area (Å²) in [5, 5.41) is 5.42. The van der Waals surface area contributed by atoms with Gasteiger partial charge >= 0.3 is 13.6 Å². The number of unbranched alkanes of at least 4 members (excludes halogenated alkanes) is 1. The van der Waals surface area contributed by atoms with Gasteiger partial charge in [-0.15, -0.1) is 0 Å². The molecular formula is C24H36N3O7P. The smallest absolute Gasteiger partial charge is 0.359 e. The number of fused-ring (bicyclic) bond motifs is 2. The summed E-state index contributed by atoms with van der Waals surface area (Å²) in [5.74, 6) is -1.45. The predicted octanol–water partition coefficient (Wildman–Crippen LogP) is 1.33. The van der Waals surface area contributed by atoms with E-state index in [1.807, 2.05) is 7.05 Å². The Bertz CT molecular complexity index is 929. The molecule has 3 rings (SSSR count). The van der Waals surface area contributed by atoms with Crippen molar-refractivity contribution < 1.29 is 33.1 Å². The fourth-order valence-corrected chi connectivity index (χ4v) is 6.12. The summed E-state index contributed by atoms with van der Waals surface area (Å²) in [4.78, 5) is 48.8. The number of esters is 1. The molecule has 194 valence electrons. The average molecular weight is 510 g/mol. The number of benzene rings is 1. The molecule has 2 fully saturated rings. The second kappa shape index (κ2) is 12.6. The Morgan fingerprint density at radius 3 is 2.54 bits per heavy atom. The summed E-state index contributed by atoms with van der Waals surface area (Å²) in [6.45, 7) is 0.614. The minimum atomic E-state index is -4.09. The number of piperidine rings is 1. The number of hydrogen-bond donors (Lipinski definition) is 3. The van der Waals surface area contributed by atoms with Crippen LogP contribution in [0.25, 0.3) is 0 Å². The molecule has 3 unspecified atom stereocenters. The van der Waals surface area contributed by atoms with E-state index >= 15 is 0 Å². The first-order valence-electron chi connectivity index (χ1n) is 12.2. The highest BCUT2D eigenvalue weighted by Gasteiger charge is 2.51. The van der Waals surface area contributed by atoms with Crippen LogP contribution < -0.4 is 15.9 Å². The number of ether oxygens (including phenoxy) is 1. The van der Waals surface area contributed by atoms with Crippen molar-refractivity contribution in [3.63, 3.8) is 0 Å². The van der Waals surface area contributed by atoms with Gasteiger partial charge in [-0.3, -0.25) is 23.8 Å². The third kappa shape index (κ3) is 7.36. The van der Waals surface area contributed by atoms with Gasteiger partial charge in [0.25, 0.3) is 0 Å². The maximum atomic E-state index is 13.1. The van der Waals surface area contributed by atoms with E-state index in [9.17, 15) is 23.8 Å². The SMILES string of the molecule is CNC(=O)CCC(=O)NCCCCOC(=O)[C@@H]1C2CCC(C[C@@H]1OP(=O)(O)c1ccccc1)N2C. The van der Waals surface area contributed by atoms with Crippen molar-refractivity contribution in [3.8, 4) is 0 Å². The Morgan fingerprint density at radius 2 is 1.83 bits per heavy atom. The van der Waals surface area contributed by atoms with E-state index in [1.165, 1.54) is 7.05 Å². The van der Waals surface area contributed by atoms with Crippen LogP contribution in [-0.4, -0.2) is 73.0 Å². The highest BCUT2D eigenvalue weighted by atomic mass is 31.2. The van der Waals surface area contributed by atoms with Crippen LogP contribution in [0.1, 0.15) is 44.9 Å². The average Bonchev–Trinajstić information content (AvgIpc) is 3.08. The van der Waals surface area contributed by atoms with Crippen LogP contribution in [0.15, 0.2) is 30.3 Å². The van der Waals surface area contributed by atoms with Crippen LogP contribution in [-0.2, 0) is 28.2 Å². The molecule has 0 spiro atoms. The molecule has 0 saturated carbocycles. The molecule has 0 radical (unpaired) electrons. The summed E-state index contributed by atoms with van der Waals surface area (Å²) in [6.07, 6.45) is 2.96. The van der Waals surface area contributed by atoms with Crippen LogP contribution >= 0.6 is 7.60 Å². The Morgan fingerprint density at radius 1 is 1.11 bits per heavy atom. The number of rotatable bonds is 12. The Kier molecular flexibility index (Phi) is 9.86. The number of carbonyl (C=O) groups excluding carboxylic acids is 3. The zero-order valence-corrected chi connectivity index (χ0v) is 21.2. The first kappa shape index (κ1) is 27.3. The summed E-state index contributed by atoms with van der Waals surface area (Å²) in [7, 11) is -0.592. The van der Waals surface area contributed by atoms with Crippen molar-refractivity contribution in [3.05, 3.63) is 30.3 Å². The van der Waals surface area contributed by atoms with Gasteiger partial charge in [0.05, 0.1) is 23.9 Å². The maximum Gasteiger partial charge on any atom is 0.359 e. The Hall–Kier alpha value is -2.26. The van der Waals surface area contributed by atoms with Crippen molar-refractivity contribution in [1.82, 2.24) is 15.5 Å². The minimum absolute atomic E-state index is 0.0957. The van der Waals surface area contributed by atoms with E-state index in [-0.39, 0.29) is 48.7 Å². The highest BCUT2D eigenvalue weighted by Crippen LogP contribution is 2.49. The quantitative estimate of drug-likeness (QED) is 0.218. The summed E-state index contributed by atoms with van der Waals surface area (Å²) >= 11 is 0. The number of amides is 2. The zero-order valence-electron chi connectivity index (χ0n) is 20.4. The van der Waals surface area contributed by atoms with Gasteiger partial charge in [0, 0.05) is 38.5 Å². The monoisotopic (exact) mass is 509 g/mol. The van der Waals surface area contributed by atoms with Gasteiger partial charge in [0.15, 0.2) is 0 Å². The first-order chi connectivity index (χ1) is 16.7. The summed E-state index contributed by atoms with van der Waals surface area (Å²) in [6, 6.07) is 8.32. The maximum absolute atomic E-state index is 13.1. The van der Waals surface area contributed by atoms with Crippen LogP contribution in [0.2, 0.25) is 0 Å². The van der Waals surface area contributed by atoms with E-state index in [0.717, 1.165) is 12.8 Å². The number of hydrogen-bond acceptors (Lipinski definition) is 7. The normalized spacial score (nSPS) is 25.5. The molecule has 2 bridgehead atoms. The molecule has 0 aliphatic carbocycles. The number of carbonyl (C=O) groups is 3. The molecule has 2 aliphatic rings. The largest absolute Gasteiger partial charge is 0.465 e. The minimum Gasteiger partial charge on any atom is -0.465 e. The van der Waals surface area contributed by atoms with Gasteiger partial charge in [0.2, 0.25) is 11.8 Å². The lowest BCUT2D eigenvalue weighted by Gasteiger charge is -2.41. The fraction of sp³-hybridized carbons (Fsp3) is 0.625. The standard InChI is InChI=1S/C24H36N3O7P/c1-25-21(28)12-13-22(29)26-14-6-7-15-33-24(30)23-19-11-10-17(27(19)2)16-20(23)34-35(31,32)18-8-4-3-5-9-18/h3-5,8-9,17,19-20,23H,6-7,10-16H2,1-2H3,(H,25,28)(H,26,29)(H,31,32)/t17?,19?,20-,23+/m0/s1. The third-order valence-corrected chi connectivity index (χ3v) is 8.35. The van der Waals surface area contributed by atoms with Gasteiger partial charge in [-0.1, -0.05) is 18.2 Å². The first-order valence-corrected chi connectivity index (χ1v) is 13.7. The molecular weight excluding hydrogens is 473 g/mol. The molecule has 1 aromatic carbocycles. The zero-order chi connectivity index (χ0) is 25.4. The molecule has 2 saturated heterocycles. The molecule has 2 heterocycles. The number of nitrogens with one attached hydrogen (secondary N) is 2.